The summed E-state index contributed by atoms with van der Waals surface area (Å²) in [5, 5.41) is 19.8. The highest BCUT2D eigenvalue weighted by Crippen LogP contribution is 2.36. The second-order valence-electron chi connectivity index (χ2n) is 8.34. The molecular formula is C23H28N8OS. The molecule has 0 bridgehead atoms. The number of nitrogens with one attached hydrogen (secondary N) is 2. The largest absolute Gasteiger partial charge is 0.366 e. The Kier molecular flexibility index (Phi) is 7.23. The molecule has 0 saturated carbocycles. The molecule has 1 aliphatic rings. The summed E-state index contributed by atoms with van der Waals surface area (Å²) in [5.74, 6) is 0.935. The quantitative estimate of drug-likeness (QED) is 0.577. The number of fused-ring (bicyclic) bond motifs is 1. The van der Waals surface area contributed by atoms with Gasteiger partial charge in [-0.3, -0.25) is 9.48 Å². The lowest BCUT2D eigenvalue weighted by molar-refractivity contribution is -0.118. The monoisotopic (exact) mass is 464 g/mol. The van der Waals surface area contributed by atoms with E-state index in [1.54, 1.807) is 12.3 Å². The van der Waals surface area contributed by atoms with E-state index < -0.39 is 0 Å². The first-order valence-electron chi connectivity index (χ1n) is 10.5. The summed E-state index contributed by atoms with van der Waals surface area (Å²) in [6.07, 6.45) is 5.41. The van der Waals surface area contributed by atoms with E-state index in [0.29, 0.717) is 18.8 Å². The Morgan fingerprint density at radius 2 is 2.09 bits per heavy atom. The number of amides is 1. The topological polar surface area (TPSA) is 112 Å². The van der Waals surface area contributed by atoms with Gasteiger partial charge in [-0.05, 0) is 30.5 Å². The molecule has 172 valence electrons. The van der Waals surface area contributed by atoms with Crippen LogP contribution in [0.2, 0.25) is 0 Å². The van der Waals surface area contributed by atoms with Crippen molar-refractivity contribution in [2.45, 2.75) is 39.9 Å². The highest BCUT2D eigenvalue weighted by molar-refractivity contribution is 7.59. The number of aromatic nitrogens is 4. The Balaban J connectivity index is 0.00000306. The van der Waals surface area contributed by atoms with Gasteiger partial charge in [-0.15, -0.1) is 0 Å². The van der Waals surface area contributed by atoms with Gasteiger partial charge in [0.1, 0.15) is 23.6 Å². The summed E-state index contributed by atoms with van der Waals surface area (Å²) >= 11 is 0. The van der Waals surface area contributed by atoms with Crippen LogP contribution in [0.15, 0.2) is 36.8 Å². The summed E-state index contributed by atoms with van der Waals surface area (Å²) in [6.45, 7) is 7.12. The van der Waals surface area contributed by atoms with Crippen molar-refractivity contribution in [1.29, 1.82) is 5.26 Å². The van der Waals surface area contributed by atoms with Crippen molar-refractivity contribution in [3.05, 3.63) is 59.3 Å². The van der Waals surface area contributed by atoms with Gasteiger partial charge in [0.25, 0.3) is 0 Å². The van der Waals surface area contributed by atoms with Crippen LogP contribution in [-0.2, 0) is 17.9 Å². The van der Waals surface area contributed by atoms with E-state index in [9.17, 15) is 4.79 Å². The van der Waals surface area contributed by atoms with Crippen LogP contribution < -0.4 is 15.5 Å². The van der Waals surface area contributed by atoms with Crippen molar-refractivity contribution in [2.24, 2.45) is 5.92 Å². The molecule has 0 radical (unpaired) electrons. The molecule has 33 heavy (non-hydrogen) atoms. The molecule has 10 heteroatoms. The normalized spacial score (nSPS) is 14.8. The molecule has 2 N–H and O–H groups in total. The molecular weight excluding hydrogens is 436 g/mol. The Hall–Kier alpha value is -3.58. The first-order valence-corrected chi connectivity index (χ1v) is 10.5. The number of hydrogen-bond acceptors (Lipinski definition) is 7. The van der Waals surface area contributed by atoms with Crippen molar-refractivity contribution in [1.82, 2.24) is 19.7 Å². The predicted octanol–water partition coefficient (Wildman–Crippen LogP) is 3.04. The standard InChI is InChI=1S/C23H26N8O.H2S/c1-14(2)22-23(32)29-21-15(3)28-20(8-19(21)30(22)4)26-10-17-11-27-31(13-17)12-16-5-6-25-18(7-16)9-24;/h5-8,11,13-14,22H,10,12H2,1-4H3,(H,26,28)(H,29,32);1H2/t22-;/m0./s1. The smallest absolute Gasteiger partial charge is 0.247 e. The Morgan fingerprint density at radius 3 is 2.82 bits per heavy atom. The lowest BCUT2D eigenvalue weighted by Crippen LogP contribution is -2.49. The molecule has 0 unspecified atom stereocenters. The molecule has 1 amide bonds. The predicted molar refractivity (Wildman–Crippen MR) is 133 cm³/mol. The first-order chi connectivity index (χ1) is 15.4. The molecule has 1 aliphatic heterocycles. The van der Waals surface area contributed by atoms with Gasteiger partial charge in [0.05, 0.1) is 29.8 Å². The van der Waals surface area contributed by atoms with Crippen LogP contribution in [0.3, 0.4) is 0 Å². The molecule has 3 aromatic heterocycles. The SMILES string of the molecule is Cc1nc(NCc2cnn(Cc3ccnc(C#N)c3)c2)cc2c1NC(=O)[C@H](C(C)C)N2C.S. The van der Waals surface area contributed by atoms with Gasteiger partial charge in [0.2, 0.25) is 5.91 Å². The molecule has 4 heterocycles. The van der Waals surface area contributed by atoms with Crippen LogP contribution in [0.1, 0.15) is 36.4 Å². The highest BCUT2D eigenvalue weighted by atomic mass is 32.1. The number of nitriles is 1. The number of rotatable bonds is 6. The van der Waals surface area contributed by atoms with E-state index in [-0.39, 0.29) is 31.4 Å². The molecule has 0 saturated heterocycles. The molecule has 0 fully saturated rings. The van der Waals surface area contributed by atoms with Crippen LogP contribution >= 0.6 is 13.5 Å². The molecule has 9 nitrogen and oxygen atoms in total. The average Bonchev–Trinajstić information content (AvgIpc) is 3.20. The van der Waals surface area contributed by atoms with Crippen LogP contribution in [-0.4, -0.2) is 38.7 Å². The zero-order chi connectivity index (χ0) is 22.8. The van der Waals surface area contributed by atoms with E-state index in [0.717, 1.165) is 34.0 Å². The number of pyridine rings is 2. The fourth-order valence-corrected chi connectivity index (χ4v) is 4.05. The minimum Gasteiger partial charge on any atom is -0.366 e. The van der Waals surface area contributed by atoms with E-state index in [2.05, 4.69) is 31.8 Å². The maximum absolute atomic E-state index is 12.5. The zero-order valence-corrected chi connectivity index (χ0v) is 20.1. The number of hydrogen-bond donors (Lipinski definition) is 2. The fraction of sp³-hybridized carbons (Fsp3) is 0.348. The van der Waals surface area contributed by atoms with Crippen molar-refractivity contribution in [3.63, 3.8) is 0 Å². The highest BCUT2D eigenvalue weighted by Gasteiger charge is 2.34. The summed E-state index contributed by atoms with van der Waals surface area (Å²) in [5.41, 5.74) is 4.87. The van der Waals surface area contributed by atoms with Crippen molar-refractivity contribution in [2.75, 3.05) is 22.6 Å². The maximum atomic E-state index is 12.5. The van der Waals surface area contributed by atoms with Crippen LogP contribution in [0.4, 0.5) is 17.2 Å². The van der Waals surface area contributed by atoms with E-state index >= 15 is 0 Å². The second-order valence-corrected chi connectivity index (χ2v) is 8.34. The summed E-state index contributed by atoms with van der Waals surface area (Å²) in [4.78, 5) is 23.1. The first kappa shape index (κ1) is 24.1. The van der Waals surface area contributed by atoms with E-state index in [1.807, 2.05) is 61.9 Å². The van der Waals surface area contributed by atoms with Gasteiger partial charge in [0.15, 0.2) is 0 Å². The Labute approximate surface area is 200 Å². The molecule has 0 aromatic carbocycles. The molecule has 1 atom stereocenters. The number of aryl methyl sites for hydroxylation is 1. The minimum atomic E-state index is -0.217. The zero-order valence-electron chi connectivity index (χ0n) is 19.1. The second kappa shape index (κ2) is 9.92. The summed E-state index contributed by atoms with van der Waals surface area (Å²) in [6, 6.07) is 7.45. The third kappa shape index (κ3) is 5.09. The van der Waals surface area contributed by atoms with Gasteiger partial charge in [0, 0.05) is 37.6 Å². The third-order valence-electron chi connectivity index (χ3n) is 5.57. The van der Waals surface area contributed by atoms with Gasteiger partial charge in [-0.1, -0.05) is 13.8 Å². The number of anilines is 3. The minimum absolute atomic E-state index is 0. The van der Waals surface area contributed by atoms with Crippen molar-refractivity contribution >= 4 is 36.6 Å². The number of nitrogens with zero attached hydrogens (tertiary/aromatic N) is 6. The number of carbonyl (C=O) groups is 1. The van der Waals surface area contributed by atoms with Gasteiger partial charge in [-0.25, -0.2) is 9.97 Å². The van der Waals surface area contributed by atoms with Crippen LogP contribution in [0.25, 0.3) is 0 Å². The number of carbonyl (C=O) groups excluding carboxylic acids is 1. The van der Waals surface area contributed by atoms with Crippen LogP contribution in [0, 0.1) is 24.2 Å². The van der Waals surface area contributed by atoms with Crippen LogP contribution in [0.5, 0.6) is 0 Å². The molecule has 0 spiro atoms. The van der Waals surface area contributed by atoms with E-state index in [4.69, 9.17) is 5.26 Å². The summed E-state index contributed by atoms with van der Waals surface area (Å²) in [7, 11) is 1.95. The fourth-order valence-electron chi connectivity index (χ4n) is 4.05. The van der Waals surface area contributed by atoms with Crippen molar-refractivity contribution in [3.8, 4) is 6.07 Å². The third-order valence-corrected chi connectivity index (χ3v) is 5.57. The molecule has 3 aromatic rings. The lowest BCUT2D eigenvalue weighted by Gasteiger charge is -2.38. The van der Waals surface area contributed by atoms with Gasteiger partial charge in [-0.2, -0.15) is 23.9 Å². The number of likely N-dealkylation sites (N-methyl/N-ethyl adjacent to an activating group) is 1. The Morgan fingerprint density at radius 1 is 1.30 bits per heavy atom. The van der Waals surface area contributed by atoms with Gasteiger partial charge < -0.3 is 15.5 Å². The average molecular weight is 465 g/mol. The maximum Gasteiger partial charge on any atom is 0.247 e. The van der Waals surface area contributed by atoms with Gasteiger partial charge >= 0.3 is 0 Å². The van der Waals surface area contributed by atoms with Crippen molar-refractivity contribution < 1.29 is 4.79 Å². The molecule has 0 aliphatic carbocycles. The van der Waals surface area contributed by atoms with E-state index in [1.165, 1.54) is 0 Å². The summed E-state index contributed by atoms with van der Waals surface area (Å²) < 4.78 is 1.83. The lowest BCUT2D eigenvalue weighted by atomic mass is 9.98. The Bertz CT molecular complexity index is 1200. The molecule has 4 rings (SSSR count).